The molecule has 0 radical (unpaired) electrons. The standard InChI is InChI=1S/C13H25F3N2O/c1-17(2)7-4-8-18(3)12-9-10(19)5-6-11(12)13(14,15)16/h10-12,19H,4-9H2,1-3H3. The molecule has 0 aromatic rings. The van der Waals surface area contributed by atoms with Gasteiger partial charge in [-0.15, -0.1) is 0 Å². The molecule has 0 aromatic carbocycles. The van der Waals surface area contributed by atoms with Crippen molar-refractivity contribution in [1.82, 2.24) is 9.80 Å². The zero-order valence-electron chi connectivity index (χ0n) is 12.0. The van der Waals surface area contributed by atoms with Gasteiger partial charge in [0.15, 0.2) is 0 Å². The van der Waals surface area contributed by atoms with Gasteiger partial charge in [0.1, 0.15) is 0 Å². The summed E-state index contributed by atoms with van der Waals surface area (Å²) in [7, 11) is 5.63. The van der Waals surface area contributed by atoms with E-state index in [0.717, 1.165) is 13.0 Å². The summed E-state index contributed by atoms with van der Waals surface area (Å²) in [6.45, 7) is 1.48. The Balaban J connectivity index is 2.58. The molecule has 1 N–H and O–H groups in total. The molecule has 1 aliphatic rings. The Labute approximate surface area is 113 Å². The minimum Gasteiger partial charge on any atom is -0.393 e. The zero-order chi connectivity index (χ0) is 14.6. The monoisotopic (exact) mass is 282 g/mol. The van der Waals surface area contributed by atoms with Gasteiger partial charge in [0, 0.05) is 6.04 Å². The average Bonchev–Trinajstić information content (AvgIpc) is 2.26. The quantitative estimate of drug-likeness (QED) is 0.835. The van der Waals surface area contributed by atoms with Crippen LogP contribution < -0.4 is 0 Å². The highest BCUT2D eigenvalue weighted by atomic mass is 19.4. The van der Waals surface area contributed by atoms with Gasteiger partial charge in [-0.1, -0.05) is 0 Å². The van der Waals surface area contributed by atoms with Crippen LogP contribution in [0.25, 0.3) is 0 Å². The molecule has 1 rings (SSSR count). The molecule has 19 heavy (non-hydrogen) atoms. The molecule has 0 aromatic heterocycles. The van der Waals surface area contributed by atoms with Crippen LogP contribution in [0.5, 0.6) is 0 Å². The van der Waals surface area contributed by atoms with Gasteiger partial charge >= 0.3 is 6.18 Å². The Hall–Kier alpha value is -0.330. The third kappa shape index (κ3) is 5.28. The largest absolute Gasteiger partial charge is 0.393 e. The van der Waals surface area contributed by atoms with E-state index in [1.807, 2.05) is 19.0 Å². The highest BCUT2D eigenvalue weighted by Gasteiger charge is 2.48. The van der Waals surface area contributed by atoms with E-state index >= 15 is 0 Å². The van der Waals surface area contributed by atoms with Crippen molar-refractivity contribution < 1.29 is 18.3 Å². The Kier molecular flexibility index (Phi) is 6.08. The minimum atomic E-state index is -4.17. The lowest BCUT2D eigenvalue weighted by molar-refractivity contribution is -0.203. The summed E-state index contributed by atoms with van der Waals surface area (Å²) < 4.78 is 39.0. The predicted octanol–water partition coefficient (Wildman–Crippen LogP) is 1.96. The van der Waals surface area contributed by atoms with Gasteiger partial charge < -0.3 is 14.9 Å². The molecule has 0 aliphatic heterocycles. The van der Waals surface area contributed by atoms with Crippen LogP contribution in [0.3, 0.4) is 0 Å². The first kappa shape index (κ1) is 16.7. The SMILES string of the molecule is CN(C)CCCN(C)C1CC(O)CCC1C(F)(F)F. The summed E-state index contributed by atoms with van der Waals surface area (Å²) in [6, 6.07) is -0.592. The van der Waals surface area contributed by atoms with Crippen molar-refractivity contribution >= 4 is 0 Å². The molecule has 1 saturated carbocycles. The third-order valence-corrected chi connectivity index (χ3v) is 3.89. The number of hydrogen-bond acceptors (Lipinski definition) is 3. The molecule has 3 nitrogen and oxygen atoms in total. The second-order valence-corrected chi connectivity index (χ2v) is 5.82. The molecule has 0 amide bonds. The Bertz CT molecular complexity index is 271. The van der Waals surface area contributed by atoms with E-state index in [9.17, 15) is 18.3 Å². The fourth-order valence-electron chi connectivity index (χ4n) is 2.80. The number of rotatable bonds is 5. The molecule has 0 heterocycles. The number of aliphatic hydroxyl groups excluding tert-OH is 1. The lowest BCUT2D eigenvalue weighted by Gasteiger charge is -2.40. The number of hydrogen-bond donors (Lipinski definition) is 1. The van der Waals surface area contributed by atoms with Gasteiger partial charge in [-0.25, -0.2) is 0 Å². The molecular weight excluding hydrogens is 257 g/mol. The van der Waals surface area contributed by atoms with Crippen LogP contribution in [-0.2, 0) is 0 Å². The van der Waals surface area contributed by atoms with E-state index < -0.39 is 24.2 Å². The van der Waals surface area contributed by atoms with Gasteiger partial charge in [-0.3, -0.25) is 0 Å². The summed E-state index contributed by atoms with van der Waals surface area (Å²) in [5.74, 6) is -1.31. The highest BCUT2D eigenvalue weighted by molar-refractivity contribution is 4.89. The van der Waals surface area contributed by atoms with Crippen LogP contribution in [0.15, 0.2) is 0 Å². The average molecular weight is 282 g/mol. The maximum Gasteiger partial charge on any atom is 0.393 e. The first-order valence-electron chi connectivity index (χ1n) is 6.81. The molecule has 3 atom stereocenters. The molecule has 1 fully saturated rings. The van der Waals surface area contributed by atoms with Crippen molar-refractivity contribution in [3.63, 3.8) is 0 Å². The van der Waals surface area contributed by atoms with Crippen LogP contribution in [0.4, 0.5) is 13.2 Å². The van der Waals surface area contributed by atoms with Crippen LogP contribution >= 0.6 is 0 Å². The summed E-state index contributed by atoms with van der Waals surface area (Å²) in [5, 5.41) is 9.62. The maximum atomic E-state index is 13.0. The summed E-state index contributed by atoms with van der Waals surface area (Å²) in [5.41, 5.74) is 0. The first-order valence-corrected chi connectivity index (χ1v) is 6.81. The van der Waals surface area contributed by atoms with Crippen molar-refractivity contribution in [1.29, 1.82) is 0 Å². The fraction of sp³-hybridized carbons (Fsp3) is 1.00. The predicted molar refractivity (Wildman–Crippen MR) is 69.0 cm³/mol. The van der Waals surface area contributed by atoms with Crippen LogP contribution in [-0.4, -0.2) is 67.5 Å². The second-order valence-electron chi connectivity index (χ2n) is 5.82. The number of aliphatic hydroxyl groups is 1. The third-order valence-electron chi connectivity index (χ3n) is 3.89. The van der Waals surface area contributed by atoms with Crippen LogP contribution in [0.1, 0.15) is 25.7 Å². The van der Waals surface area contributed by atoms with Gasteiger partial charge in [0.2, 0.25) is 0 Å². The van der Waals surface area contributed by atoms with Gasteiger partial charge in [0.05, 0.1) is 12.0 Å². The fourth-order valence-corrected chi connectivity index (χ4v) is 2.80. The summed E-state index contributed by atoms with van der Waals surface area (Å²) in [6.07, 6.45) is -3.41. The normalized spacial score (nSPS) is 29.2. The Morgan fingerprint density at radius 3 is 2.26 bits per heavy atom. The van der Waals surface area contributed by atoms with Crippen molar-refractivity contribution in [3.05, 3.63) is 0 Å². The minimum absolute atomic E-state index is 0.0351. The number of halogens is 3. The summed E-state index contributed by atoms with van der Waals surface area (Å²) in [4.78, 5) is 3.79. The van der Waals surface area contributed by atoms with E-state index in [4.69, 9.17) is 0 Å². The lowest BCUT2D eigenvalue weighted by atomic mass is 9.81. The van der Waals surface area contributed by atoms with E-state index in [1.54, 1.807) is 11.9 Å². The van der Waals surface area contributed by atoms with Crippen LogP contribution in [0, 0.1) is 5.92 Å². The van der Waals surface area contributed by atoms with E-state index in [2.05, 4.69) is 0 Å². The highest BCUT2D eigenvalue weighted by Crippen LogP contribution is 2.39. The van der Waals surface area contributed by atoms with Crippen molar-refractivity contribution in [2.45, 2.75) is 44.0 Å². The number of alkyl halides is 3. The molecular formula is C13H25F3N2O. The lowest BCUT2D eigenvalue weighted by Crippen LogP contribution is -2.49. The summed E-state index contributed by atoms with van der Waals surface area (Å²) >= 11 is 0. The Morgan fingerprint density at radius 1 is 1.11 bits per heavy atom. The maximum absolute atomic E-state index is 13.0. The van der Waals surface area contributed by atoms with Crippen molar-refractivity contribution in [2.24, 2.45) is 5.92 Å². The van der Waals surface area contributed by atoms with Crippen LogP contribution in [0.2, 0.25) is 0 Å². The zero-order valence-corrected chi connectivity index (χ0v) is 12.0. The van der Waals surface area contributed by atoms with Gasteiger partial charge in [-0.05, 0) is 59.9 Å². The van der Waals surface area contributed by atoms with Crippen molar-refractivity contribution in [2.75, 3.05) is 34.2 Å². The first-order chi connectivity index (χ1) is 8.71. The molecule has 0 bridgehead atoms. The molecule has 0 spiro atoms. The Morgan fingerprint density at radius 2 is 1.74 bits per heavy atom. The van der Waals surface area contributed by atoms with Crippen molar-refractivity contribution in [3.8, 4) is 0 Å². The molecule has 6 heteroatoms. The second kappa shape index (κ2) is 6.90. The topological polar surface area (TPSA) is 26.7 Å². The van der Waals surface area contributed by atoms with Gasteiger partial charge in [0.25, 0.3) is 0 Å². The smallest absolute Gasteiger partial charge is 0.393 e. The number of nitrogens with zero attached hydrogens (tertiary/aromatic N) is 2. The van der Waals surface area contributed by atoms with E-state index in [0.29, 0.717) is 6.54 Å². The van der Waals surface area contributed by atoms with Gasteiger partial charge in [-0.2, -0.15) is 13.2 Å². The molecule has 114 valence electrons. The molecule has 1 aliphatic carbocycles. The molecule has 3 unspecified atom stereocenters. The molecule has 0 saturated heterocycles. The van der Waals surface area contributed by atoms with E-state index in [1.165, 1.54) is 0 Å². The van der Waals surface area contributed by atoms with E-state index in [-0.39, 0.29) is 19.3 Å².